The number of aromatic carboxylic acids is 1. The van der Waals surface area contributed by atoms with Crippen LogP contribution in [0.25, 0.3) is 0 Å². The Bertz CT molecular complexity index is 1520. The van der Waals surface area contributed by atoms with Gasteiger partial charge in [0.05, 0.1) is 5.56 Å². The van der Waals surface area contributed by atoms with E-state index in [0.717, 1.165) is 5.19 Å². The minimum atomic E-state index is -2.58. The minimum Gasteiger partial charge on any atom is -0.478 e. The first-order valence-corrected chi connectivity index (χ1v) is 19.8. The summed E-state index contributed by atoms with van der Waals surface area (Å²) in [6.45, 7) is 16.6. The summed E-state index contributed by atoms with van der Waals surface area (Å²) < 4.78 is 0. The molecule has 6 heteroatoms. The second-order valence-electron chi connectivity index (χ2n) is 11.6. The molecule has 4 rings (SSSR count). The molecule has 0 saturated heterocycles. The van der Waals surface area contributed by atoms with Gasteiger partial charge in [-0.25, -0.2) is 4.79 Å². The molecule has 4 aromatic carbocycles. The second kappa shape index (κ2) is 11.2. The fourth-order valence-electron chi connectivity index (χ4n) is 5.73. The monoisotopic (exact) mass is 578 g/mol. The van der Waals surface area contributed by atoms with Crippen molar-refractivity contribution in [3.8, 4) is 0 Å². The third-order valence-electron chi connectivity index (χ3n) is 8.27. The smallest absolute Gasteiger partial charge is 0.335 e. The number of benzene rings is 4. The summed E-state index contributed by atoms with van der Waals surface area (Å²) >= 11 is 0. The summed E-state index contributed by atoms with van der Waals surface area (Å²) in [5.41, 5.74) is 0.917. The molecule has 0 aliphatic carbocycles. The van der Waals surface area contributed by atoms with Crippen LogP contribution in [0.3, 0.4) is 0 Å². The molecular weight excluding hydrogens is 541 g/mol. The Morgan fingerprint density at radius 2 is 1.02 bits per heavy atom. The van der Waals surface area contributed by atoms with E-state index in [4.69, 9.17) is 0 Å². The lowest BCUT2D eigenvalue weighted by atomic mass is 9.65. The lowest BCUT2D eigenvalue weighted by Crippen LogP contribution is -2.61. The van der Waals surface area contributed by atoms with Gasteiger partial charge < -0.3 is 15.3 Å². The molecule has 0 saturated carbocycles. The van der Waals surface area contributed by atoms with E-state index in [2.05, 4.69) is 39.3 Å². The molecule has 210 valence electrons. The van der Waals surface area contributed by atoms with Crippen LogP contribution in [0.1, 0.15) is 32.6 Å². The molecule has 0 amide bonds. The topological polar surface area (TPSA) is 77.8 Å². The third-order valence-corrected chi connectivity index (χ3v) is 14.2. The van der Waals surface area contributed by atoms with Gasteiger partial charge in [0.25, 0.3) is 0 Å². The number of aliphatic hydroxyl groups is 2. The van der Waals surface area contributed by atoms with Crippen LogP contribution in [-0.4, -0.2) is 37.4 Å². The number of rotatable bonds is 10. The lowest BCUT2D eigenvalue weighted by Gasteiger charge is -2.46. The maximum absolute atomic E-state index is 13.4. The predicted octanol–water partition coefficient (Wildman–Crippen LogP) is 5.84. The van der Waals surface area contributed by atoms with Crippen molar-refractivity contribution < 1.29 is 20.1 Å². The molecule has 0 aliphatic heterocycles. The van der Waals surface area contributed by atoms with E-state index in [9.17, 15) is 20.1 Å². The maximum Gasteiger partial charge on any atom is 0.335 e. The van der Waals surface area contributed by atoms with E-state index in [1.165, 1.54) is 0 Å². The molecule has 41 heavy (non-hydrogen) atoms. The molecule has 1 unspecified atom stereocenters. The van der Waals surface area contributed by atoms with Crippen LogP contribution in [0.5, 0.6) is 0 Å². The van der Waals surface area contributed by atoms with E-state index >= 15 is 0 Å². The number of hydrogen-bond donors (Lipinski definition) is 3. The Hall–Kier alpha value is -3.82. The zero-order valence-electron chi connectivity index (χ0n) is 24.1. The first-order valence-electron chi connectivity index (χ1n) is 13.7. The van der Waals surface area contributed by atoms with Gasteiger partial charge >= 0.3 is 5.97 Å². The van der Waals surface area contributed by atoms with Gasteiger partial charge in [-0.15, -0.1) is 13.2 Å². The van der Waals surface area contributed by atoms with E-state index in [0.29, 0.717) is 21.9 Å². The molecule has 0 aliphatic rings. The predicted molar refractivity (Wildman–Crippen MR) is 173 cm³/mol. The third kappa shape index (κ3) is 4.98. The van der Waals surface area contributed by atoms with Crippen molar-refractivity contribution >= 4 is 32.5 Å². The van der Waals surface area contributed by atoms with Crippen molar-refractivity contribution in [1.29, 1.82) is 0 Å². The van der Waals surface area contributed by atoms with Crippen molar-refractivity contribution in [1.82, 2.24) is 0 Å². The summed E-state index contributed by atoms with van der Waals surface area (Å²) in [5, 5.41) is 39.0. The highest BCUT2D eigenvalue weighted by Gasteiger charge is 2.56. The van der Waals surface area contributed by atoms with Gasteiger partial charge in [0.15, 0.2) is 11.2 Å². The fraction of sp³-hybridized carbons (Fsp3) is 0.171. The molecule has 0 fully saturated rings. The minimum absolute atomic E-state index is 0.0122. The normalized spacial score (nSPS) is 13.7. The summed E-state index contributed by atoms with van der Waals surface area (Å²) in [7, 11) is -4.88. The standard InChI is InChI=1S/C35H38O4Si2/c1-7-40(3,4)30-25-24-29(31(33(36)37)32(30)41(5,6)8-2)35(39,28-22-16-11-17-23-28)34(38,26-18-12-9-13-19-26)27-20-14-10-15-21-27/h7-25,38-39H,1-2H2,3-6H3,(H,36,37). The average Bonchev–Trinajstić information content (AvgIpc) is 3.00. The molecule has 0 bridgehead atoms. The highest BCUT2D eigenvalue weighted by atomic mass is 28.3. The molecule has 4 nitrogen and oxygen atoms in total. The van der Waals surface area contributed by atoms with Crippen LogP contribution in [0, 0.1) is 0 Å². The molecule has 1 atom stereocenters. The van der Waals surface area contributed by atoms with Crippen LogP contribution in [0.15, 0.2) is 128 Å². The van der Waals surface area contributed by atoms with Gasteiger partial charge in [0.1, 0.15) is 16.1 Å². The molecule has 4 aromatic rings. The fourth-order valence-corrected chi connectivity index (χ4v) is 11.0. The number of hydrogen-bond acceptors (Lipinski definition) is 3. The zero-order chi connectivity index (χ0) is 30.1. The quantitative estimate of drug-likeness (QED) is 0.207. The van der Waals surface area contributed by atoms with E-state index in [-0.39, 0.29) is 11.1 Å². The number of carboxylic acid groups (broad SMARTS) is 1. The van der Waals surface area contributed by atoms with E-state index in [1.807, 2.05) is 35.7 Å². The molecular formula is C35H38O4Si2. The Kier molecular flexibility index (Phi) is 8.25. The molecule has 0 spiro atoms. The first kappa shape index (κ1) is 30.1. The van der Waals surface area contributed by atoms with Crippen LogP contribution in [0.2, 0.25) is 26.2 Å². The second-order valence-corrected chi connectivity index (χ2v) is 20.3. The van der Waals surface area contributed by atoms with Gasteiger partial charge in [-0.1, -0.05) is 146 Å². The summed E-state index contributed by atoms with van der Waals surface area (Å²) in [6, 6.07) is 30.4. The van der Waals surface area contributed by atoms with E-state index in [1.54, 1.807) is 78.9 Å². The summed E-state index contributed by atoms with van der Waals surface area (Å²) in [5.74, 6) is -1.16. The Morgan fingerprint density at radius 3 is 1.39 bits per heavy atom. The largest absolute Gasteiger partial charge is 0.478 e. The number of carbonyl (C=O) groups is 1. The van der Waals surface area contributed by atoms with Crippen molar-refractivity contribution in [2.45, 2.75) is 37.4 Å². The van der Waals surface area contributed by atoms with Crippen molar-refractivity contribution in [3.63, 3.8) is 0 Å². The van der Waals surface area contributed by atoms with Crippen LogP contribution in [0.4, 0.5) is 0 Å². The van der Waals surface area contributed by atoms with Crippen molar-refractivity contribution in [3.05, 3.63) is 156 Å². The molecule has 0 radical (unpaired) electrons. The average molecular weight is 579 g/mol. The van der Waals surface area contributed by atoms with Crippen LogP contribution in [-0.2, 0) is 11.2 Å². The van der Waals surface area contributed by atoms with Gasteiger partial charge in [0, 0.05) is 5.56 Å². The van der Waals surface area contributed by atoms with Gasteiger partial charge in [-0.05, 0) is 21.9 Å². The Morgan fingerprint density at radius 1 is 0.634 bits per heavy atom. The molecule has 0 aromatic heterocycles. The highest BCUT2D eigenvalue weighted by molar-refractivity contribution is 7.03. The lowest BCUT2D eigenvalue weighted by molar-refractivity contribution is -0.113. The highest BCUT2D eigenvalue weighted by Crippen LogP contribution is 2.50. The van der Waals surface area contributed by atoms with Gasteiger partial charge in [-0.2, -0.15) is 0 Å². The summed E-state index contributed by atoms with van der Waals surface area (Å²) in [4.78, 5) is 13.4. The maximum atomic E-state index is 13.4. The van der Waals surface area contributed by atoms with Gasteiger partial charge in [-0.3, -0.25) is 0 Å². The molecule has 0 heterocycles. The SMILES string of the molecule is C=C[Si](C)(C)c1ccc(C(O)(c2ccccc2)C(O)(c2ccccc2)c2ccccc2)c(C(=O)O)c1[Si](C)(C)C=C. The van der Waals surface area contributed by atoms with Crippen LogP contribution >= 0.6 is 0 Å². The Labute approximate surface area is 245 Å². The van der Waals surface area contributed by atoms with Gasteiger partial charge in [0.2, 0.25) is 0 Å². The van der Waals surface area contributed by atoms with Crippen LogP contribution < -0.4 is 10.4 Å². The van der Waals surface area contributed by atoms with Crippen molar-refractivity contribution in [2.75, 3.05) is 0 Å². The number of carboxylic acids is 1. The van der Waals surface area contributed by atoms with Crippen molar-refractivity contribution in [2.24, 2.45) is 0 Å². The first-order chi connectivity index (χ1) is 19.4. The van der Waals surface area contributed by atoms with E-state index < -0.39 is 33.3 Å². The zero-order valence-corrected chi connectivity index (χ0v) is 26.1. The summed E-state index contributed by atoms with van der Waals surface area (Å²) in [6.07, 6.45) is 0. The molecule has 3 N–H and O–H groups in total. The Balaban J connectivity index is 2.29.